The first-order chi connectivity index (χ1) is 13.2. The average molecular weight is 380 g/mol. The zero-order chi connectivity index (χ0) is 18.6. The van der Waals surface area contributed by atoms with Crippen LogP contribution < -0.4 is 4.90 Å². The molecule has 0 aliphatic carbocycles. The van der Waals surface area contributed by atoms with Gasteiger partial charge in [-0.2, -0.15) is 0 Å². The number of fused-ring (bicyclic) bond motifs is 1. The molecule has 138 valence electrons. The van der Waals surface area contributed by atoms with Crippen LogP contribution in [0.5, 0.6) is 0 Å². The van der Waals surface area contributed by atoms with E-state index < -0.39 is 0 Å². The maximum absolute atomic E-state index is 14.0. The summed E-state index contributed by atoms with van der Waals surface area (Å²) in [6.07, 6.45) is 1.97. The third-order valence-corrected chi connectivity index (χ3v) is 5.81. The molecule has 0 N–H and O–H groups in total. The number of aliphatic imine (C=N–C) groups is 1. The zero-order valence-electron chi connectivity index (χ0n) is 15.3. The van der Waals surface area contributed by atoms with Gasteiger partial charge in [0.05, 0.1) is 0 Å². The van der Waals surface area contributed by atoms with Crippen molar-refractivity contribution in [3.63, 3.8) is 0 Å². The first-order valence-corrected chi connectivity index (χ1v) is 9.89. The van der Waals surface area contributed by atoms with E-state index in [2.05, 4.69) is 51.5 Å². The van der Waals surface area contributed by atoms with Crippen molar-refractivity contribution in [2.24, 2.45) is 4.99 Å². The van der Waals surface area contributed by atoms with Crippen LogP contribution in [0.3, 0.4) is 0 Å². The highest BCUT2D eigenvalue weighted by Gasteiger charge is 2.21. The van der Waals surface area contributed by atoms with Crippen LogP contribution in [0.25, 0.3) is 0 Å². The molecule has 1 aromatic heterocycles. The second-order valence-electron chi connectivity index (χ2n) is 6.88. The molecule has 0 radical (unpaired) electrons. The first-order valence-electron chi connectivity index (χ1n) is 9.02. The number of benzene rings is 2. The molecule has 0 bridgehead atoms. The summed E-state index contributed by atoms with van der Waals surface area (Å²) in [5, 5.41) is 3.38. The Kier molecular flexibility index (Phi) is 5.32. The normalized spacial score (nSPS) is 13.2. The van der Waals surface area contributed by atoms with Gasteiger partial charge in [0.2, 0.25) is 0 Å². The molecule has 0 unspecified atom stereocenters. The molecular formula is C22H22FN3S. The maximum atomic E-state index is 14.0. The molecular weight excluding hydrogens is 357 g/mol. The van der Waals surface area contributed by atoms with Crippen molar-refractivity contribution in [2.45, 2.75) is 19.6 Å². The highest BCUT2D eigenvalue weighted by molar-refractivity contribution is 7.14. The van der Waals surface area contributed by atoms with Gasteiger partial charge in [0, 0.05) is 37.0 Å². The van der Waals surface area contributed by atoms with Gasteiger partial charge >= 0.3 is 0 Å². The highest BCUT2D eigenvalue weighted by Crippen LogP contribution is 2.34. The molecule has 0 spiro atoms. The number of halogens is 1. The monoisotopic (exact) mass is 379 g/mol. The van der Waals surface area contributed by atoms with Crippen molar-refractivity contribution in [3.8, 4) is 0 Å². The van der Waals surface area contributed by atoms with Gasteiger partial charge in [0.25, 0.3) is 0 Å². The largest absolute Gasteiger partial charge is 0.339 e. The summed E-state index contributed by atoms with van der Waals surface area (Å²) in [5.74, 6) is -0.159. The molecule has 0 saturated heterocycles. The quantitative estimate of drug-likeness (QED) is 0.606. The van der Waals surface area contributed by atoms with E-state index in [1.807, 2.05) is 24.4 Å². The zero-order valence-corrected chi connectivity index (χ0v) is 16.1. The van der Waals surface area contributed by atoms with E-state index in [4.69, 9.17) is 0 Å². The molecule has 3 aromatic rings. The van der Waals surface area contributed by atoms with Crippen LogP contribution in [-0.4, -0.2) is 24.8 Å². The molecule has 2 heterocycles. The Labute approximate surface area is 163 Å². The number of nitrogens with zero attached hydrogens (tertiary/aromatic N) is 3. The van der Waals surface area contributed by atoms with E-state index in [1.54, 1.807) is 17.4 Å². The number of hydrogen-bond acceptors (Lipinski definition) is 4. The lowest BCUT2D eigenvalue weighted by Gasteiger charge is -2.26. The Balaban J connectivity index is 1.49. The minimum atomic E-state index is -0.159. The lowest BCUT2D eigenvalue weighted by molar-refractivity contribution is 0.319. The van der Waals surface area contributed by atoms with Crippen LogP contribution in [0, 0.1) is 5.82 Å². The molecule has 2 aromatic carbocycles. The van der Waals surface area contributed by atoms with Crippen molar-refractivity contribution in [3.05, 3.63) is 88.0 Å². The van der Waals surface area contributed by atoms with Crippen LogP contribution in [-0.2, 0) is 19.6 Å². The lowest BCUT2D eigenvalue weighted by atomic mass is 10.1. The van der Waals surface area contributed by atoms with Crippen LogP contribution >= 0.6 is 11.3 Å². The third kappa shape index (κ3) is 4.10. The SMILES string of the molecule is CN(Cc1ccccc1)Cc1csc2c1C=NCN2Cc1ccccc1F. The van der Waals surface area contributed by atoms with Crippen molar-refractivity contribution < 1.29 is 4.39 Å². The predicted molar refractivity (Wildman–Crippen MR) is 111 cm³/mol. The van der Waals surface area contributed by atoms with Crippen LogP contribution in [0.2, 0.25) is 0 Å². The van der Waals surface area contributed by atoms with E-state index in [1.165, 1.54) is 27.8 Å². The first kappa shape index (κ1) is 17.9. The van der Waals surface area contributed by atoms with Crippen LogP contribution in [0.1, 0.15) is 22.3 Å². The van der Waals surface area contributed by atoms with Gasteiger partial charge in [0.15, 0.2) is 0 Å². The smallest absolute Gasteiger partial charge is 0.128 e. The van der Waals surface area contributed by atoms with Crippen LogP contribution in [0.15, 0.2) is 65.0 Å². The van der Waals surface area contributed by atoms with E-state index >= 15 is 0 Å². The molecule has 5 heteroatoms. The second kappa shape index (κ2) is 8.03. The van der Waals surface area contributed by atoms with Crippen molar-refractivity contribution in [1.29, 1.82) is 0 Å². The molecule has 0 fully saturated rings. The fourth-order valence-electron chi connectivity index (χ4n) is 3.39. The van der Waals surface area contributed by atoms with Gasteiger partial charge in [-0.1, -0.05) is 48.5 Å². The third-order valence-electron chi connectivity index (χ3n) is 4.70. The number of thiophene rings is 1. The summed E-state index contributed by atoms with van der Waals surface area (Å²) in [6.45, 7) is 2.87. The van der Waals surface area contributed by atoms with Crippen LogP contribution in [0.4, 0.5) is 9.39 Å². The van der Waals surface area contributed by atoms with E-state index in [0.717, 1.165) is 13.1 Å². The van der Waals surface area contributed by atoms with E-state index in [-0.39, 0.29) is 5.82 Å². The fraction of sp³-hybridized carbons (Fsp3) is 0.227. The summed E-state index contributed by atoms with van der Waals surface area (Å²) in [7, 11) is 2.13. The molecule has 0 saturated carbocycles. The Morgan fingerprint density at radius 1 is 1.04 bits per heavy atom. The van der Waals surface area contributed by atoms with E-state index in [9.17, 15) is 4.39 Å². The summed E-state index contributed by atoms with van der Waals surface area (Å²) < 4.78 is 14.0. The summed E-state index contributed by atoms with van der Waals surface area (Å²) in [6, 6.07) is 17.5. The lowest BCUT2D eigenvalue weighted by Crippen LogP contribution is -2.26. The summed E-state index contributed by atoms with van der Waals surface area (Å²) in [5.41, 5.74) is 4.45. The molecule has 1 aliphatic heterocycles. The highest BCUT2D eigenvalue weighted by atomic mass is 32.1. The van der Waals surface area contributed by atoms with Crippen molar-refractivity contribution >= 4 is 22.6 Å². The van der Waals surface area contributed by atoms with Crippen molar-refractivity contribution in [2.75, 3.05) is 18.6 Å². The Morgan fingerprint density at radius 3 is 2.63 bits per heavy atom. The van der Waals surface area contributed by atoms with Gasteiger partial charge in [0.1, 0.15) is 17.5 Å². The Bertz CT molecular complexity index is 936. The summed E-state index contributed by atoms with van der Waals surface area (Å²) >= 11 is 1.72. The summed E-state index contributed by atoms with van der Waals surface area (Å²) in [4.78, 5) is 8.98. The second-order valence-corrected chi connectivity index (χ2v) is 7.74. The standard InChI is InChI=1S/C22H22FN3S/c1-25(12-17-7-3-2-4-8-17)13-19-15-27-22-20(19)11-24-16-26(22)14-18-9-5-6-10-21(18)23/h2-11,15H,12-14,16H2,1H3. The molecule has 3 nitrogen and oxygen atoms in total. The number of rotatable bonds is 6. The van der Waals surface area contributed by atoms with E-state index in [0.29, 0.717) is 18.8 Å². The molecule has 0 atom stereocenters. The van der Waals surface area contributed by atoms with Gasteiger partial charge in [-0.25, -0.2) is 4.39 Å². The van der Waals surface area contributed by atoms with Gasteiger partial charge in [-0.05, 0) is 29.6 Å². The molecule has 4 rings (SSSR count). The molecule has 1 aliphatic rings. The minimum Gasteiger partial charge on any atom is -0.339 e. The topological polar surface area (TPSA) is 18.8 Å². The predicted octanol–water partition coefficient (Wildman–Crippen LogP) is 4.92. The van der Waals surface area contributed by atoms with Gasteiger partial charge in [-0.3, -0.25) is 9.89 Å². The maximum Gasteiger partial charge on any atom is 0.128 e. The molecule has 27 heavy (non-hydrogen) atoms. The molecule has 0 amide bonds. The average Bonchev–Trinajstić information content (AvgIpc) is 3.08. The Hall–Kier alpha value is -2.50. The number of hydrogen-bond donors (Lipinski definition) is 0. The minimum absolute atomic E-state index is 0.159. The van der Waals surface area contributed by atoms with Gasteiger partial charge < -0.3 is 4.90 Å². The fourth-order valence-corrected chi connectivity index (χ4v) is 4.42. The van der Waals surface area contributed by atoms with Gasteiger partial charge in [-0.15, -0.1) is 11.3 Å². The Morgan fingerprint density at radius 2 is 1.81 bits per heavy atom. The number of anilines is 1. The van der Waals surface area contributed by atoms with Crippen molar-refractivity contribution in [1.82, 2.24) is 4.90 Å².